The van der Waals surface area contributed by atoms with E-state index in [0.717, 1.165) is 0 Å². The van der Waals surface area contributed by atoms with Crippen molar-refractivity contribution in [1.82, 2.24) is 0 Å². The lowest BCUT2D eigenvalue weighted by atomic mass is 11.8. The summed E-state index contributed by atoms with van der Waals surface area (Å²) in [6.07, 6.45) is 0.250. The molecule has 0 spiro atoms. The fraction of sp³-hybridized carbons (Fsp3) is 0.909. The smallest absolute Gasteiger partial charge is 0.186 e. The SMILES string of the molecule is C.C.C.C.C.C.C.C.C.C.O=C=O. The third kappa shape index (κ3) is 2600. The minimum Gasteiger partial charge on any atom is -0.186 e. The van der Waals surface area contributed by atoms with Gasteiger partial charge in [0.15, 0.2) is 0 Å². The quantitative estimate of drug-likeness (QED) is 0.501. The van der Waals surface area contributed by atoms with Crippen molar-refractivity contribution < 1.29 is 9.59 Å². The standard InChI is InChI=1S/CO2.10CH4/c2-1-3;;;;;;;;;;/h;10*1H4. The van der Waals surface area contributed by atoms with Crippen LogP contribution in [0.15, 0.2) is 0 Å². The van der Waals surface area contributed by atoms with Gasteiger partial charge in [0.2, 0.25) is 0 Å². The molecule has 0 saturated carbocycles. The van der Waals surface area contributed by atoms with Crippen molar-refractivity contribution in [3.63, 3.8) is 0 Å². The summed E-state index contributed by atoms with van der Waals surface area (Å²) in [5.41, 5.74) is 0. The molecule has 0 aromatic heterocycles. The number of hydrogen-bond acceptors (Lipinski definition) is 2. The molecule has 0 saturated heterocycles. The predicted molar refractivity (Wildman–Crippen MR) is 72.3 cm³/mol. The molecular formula is C11H40O2. The van der Waals surface area contributed by atoms with E-state index in [1.807, 2.05) is 0 Å². The van der Waals surface area contributed by atoms with E-state index >= 15 is 0 Å². The van der Waals surface area contributed by atoms with Crippen LogP contribution in [0.4, 0.5) is 0 Å². The molecule has 0 N–H and O–H groups in total. The minimum absolute atomic E-state index is 0. The first-order valence-electron chi connectivity index (χ1n) is 0.408. The van der Waals surface area contributed by atoms with Gasteiger partial charge in [0.05, 0.1) is 0 Å². The Morgan fingerprint density at radius 3 is 0.385 bits per heavy atom. The Balaban J connectivity index is -0.000000000444. The second-order valence-corrected chi connectivity index (χ2v) is 0.0833. The van der Waals surface area contributed by atoms with Gasteiger partial charge in [-0.25, -0.2) is 0 Å². The van der Waals surface area contributed by atoms with Gasteiger partial charge in [-0.2, -0.15) is 9.59 Å². The fourth-order valence-corrected chi connectivity index (χ4v) is 0. The maximum absolute atomic E-state index is 8.12. The van der Waals surface area contributed by atoms with E-state index in [2.05, 4.69) is 0 Å². The summed E-state index contributed by atoms with van der Waals surface area (Å²) in [7, 11) is 0. The molecule has 0 atom stereocenters. The zero-order chi connectivity index (χ0) is 2.71. The van der Waals surface area contributed by atoms with Gasteiger partial charge in [-0.15, -0.1) is 0 Å². The number of carbonyl (C=O) groups excluding carboxylic acids is 2. The molecule has 0 rings (SSSR count). The van der Waals surface area contributed by atoms with Gasteiger partial charge in [0, 0.05) is 0 Å². The second-order valence-electron chi connectivity index (χ2n) is 0.0833. The Morgan fingerprint density at radius 2 is 0.385 bits per heavy atom. The van der Waals surface area contributed by atoms with E-state index in [0.29, 0.717) is 0 Å². The second kappa shape index (κ2) is 8490. The molecule has 0 aliphatic rings. The Morgan fingerprint density at radius 1 is 0.385 bits per heavy atom. The van der Waals surface area contributed by atoms with Crippen molar-refractivity contribution in [3.05, 3.63) is 0 Å². The van der Waals surface area contributed by atoms with Gasteiger partial charge in [0.25, 0.3) is 0 Å². The fourth-order valence-electron chi connectivity index (χ4n) is 0. The van der Waals surface area contributed by atoms with Crippen LogP contribution in [0.25, 0.3) is 0 Å². The molecule has 0 amide bonds. The molecule has 0 bridgehead atoms. The predicted octanol–water partition coefficient (Wildman–Crippen LogP) is 5.78. The monoisotopic (exact) mass is 204 g/mol. The molecule has 0 aliphatic carbocycles. The molecule has 0 unspecified atom stereocenters. The highest BCUT2D eigenvalue weighted by molar-refractivity contribution is 5.20. The van der Waals surface area contributed by atoms with Crippen LogP contribution in [0.5, 0.6) is 0 Å². The highest BCUT2D eigenvalue weighted by Crippen LogP contribution is 0.787. The molecular weight excluding hydrogens is 164 g/mol. The van der Waals surface area contributed by atoms with Crippen molar-refractivity contribution in [2.75, 3.05) is 0 Å². The van der Waals surface area contributed by atoms with Gasteiger partial charge >= 0.3 is 6.15 Å². The van der Waals surface area contributed by atoms with Gasteiger partial charge in [-0.05, 0) is 0 Å². The largest absolute Gasteiger partial charge is 0.373 e. The maximum atomic E-state index is 8.12. The molecule has 0 heterocycles. The normalized spacial score (nSPS) is 0.615. The molecule has 0 aliphatic heterocycles. The molecule has 0 radical (unpaired) electrons. The molecule has 2 nitrogen and oxygen atoms in total. The van der Waals surface area contributed by atoms with Crippen LogP contribution in [0.3, 0.4) is 0 Å². The van der Waals surface area contributed by atoms with Crippen molar-refractivity contribution >= 4 is 6.15 Å². The van der Waals surface area contributed by atoms with Crippen molar-refractivity contribution in [2.45, 2.75) is 74.3 Å². The van der Waals surface area contributed by atoms with E-state index in [4.69, 9.17) is 9.59 Å². The summed E-state index contributed by atoms with van der Waals surface area (Å²) in [5.74, 6) is 0. The molecule has 96 valence electrons. The van der Waals surface area contributed by atoms with Crippen LogP contribution in [0.1, 0.15) is 74.3 Å². The average Bonchev–Trinajstić information content (AvgIpc) is 0.918. The van der Waals surface area contributed by atoms with Crippen LogP contribution in [-0.4, -0.2) is 6.15 Å². The Labute approximate surface area is 90.8 Å². The number of rotatable bonds is 0. The van der Waals surface area contributed by atoms with Crippen molar-refractivity contribution in [2.24, 2.45) is 0 Å². The molecule has 2 heteroatoms. The van der Waals surface area contributed by atoms with Crippen LogP contribution in [0.2, 0.25) is 0 Å². The Bertz CT molecular complexity index is 29.1. The Hall–Kier alpha value is -0.620. The third-order valence-electron chi connectivity index (χ3n) is 0. The van der Waals surface area contributed by atoms with E-state index in [-0.39, 0.29) is 80.4 Å². The average molecular weight is 204 g/mol. The molecule has 0 aromatic rings. The van der Waals surface area contributed by atoms with Gasteiger partial charge in [-0.3, -0.25) is 0 Å². The van der Waals surface area contributed by atoms with Gasteiger partial charge in [0.1, 0.15) is 0 Å². The summed E-state index contributed by atoms with van der Waals surface area (Å²) in [6, 6.07) is 0. The zero-order valence-electron chi connectivity index (χ0n) is 1.32. The molecule has 0 aromatic carbocycles. The highest BCUT2D eigenvalue weighted by Gasteiger charge is 1.13. The highest BCUT2D eigenvalue weighted by atomic mass is 16.2. The van der Waals surface area contributed by atoms with Crippen LogP contribution >= 0.6 is 0 Å². The van der Waals surface area contributed by atoms with Crippen molar-refractivity contribution in [1.29, 1.82) is 0 Å². The lowest BCUT2D eigenvalue weighted by molar-refractivity contribution is -0.191. The first kappa shape index (κ1) is 842. The van der Waals surface area contributed by atoms with E-state index in [1.54, 1.807) is 0 Å². The minimum atomic E-state index is 0. The summed E-state index contributed by atoms with van der Waals surface area (Å²) in [4.78, 5) is 16.2. The zero-order valence-corrected chi connectivity index (χ0v) is 1.32. The first-order valence-corrected chi connectivity index (χ1v) is 0.408. The lowest BCUT2D eigenvalue weighted by Crippen LogP contribution is -1.22. The Kier molecular flexibility index (Phi) is 550000. The van der Waals surface area contributed by atoms with Gasteiger partial charge < -0.3 is 0 Å². The summed E-state index contributed by atoms with van der Waals surface area (Å²) in [5, 5.41) is 0. The first-order chi connectivity index (χ1) is 1.41. The van der Waals surface area contributed by atoms with Crippen LogP contribution in [-0.2, 0) is 9.59 Å². The summed E-state index contributed by atoms with van der Waals surface area (Å²) >= 11 is 0. The van der Waals surface area contributed by atoms with E-state index in [9.17, 15) is 0 Å². The third-order valence-corrected chi connectivity index (χ3v) is 0. The molecule has 0 fully saturated rings. The lowest BCUT2D eigenvalue weighted by Gasteiger charge is -0.945. The van der Waals surface area contributed by atoms with E-state index in [1.165, 1.54) is 0 Å². The van der Waals surface area contributed by atoms with Gasteiger partial charge in [-0.1, -0.05) is 74.3 Å². The topological polar surface area (TPSA) is 34.1 Å². The maximum Gasteiger partial charge on any atom is 0.373 e. The summed E-state index contributed by atoms with van der Waals surface area (Å²) < 4.78 is 0. The number of hydrogen-bond donors (Lipinski definition) is 0. The van der Waals surface area contributed by atoms with E-state index < -0.39 is 0 Å². The van der Waals surface area contributed by atoms with Crippen LogP contribution in [0, 0.1) is 0 Å². The van der Waals surface area contributed by atoms with Crippen LogP contribution < -0.4 is 0 Å². The molecule has 13 heavy (non-hydrogen) atoms. The summed E-state index contributed by atoms with van der Waals surface area (Å²) in [6.45, 7) is 0. The van der Waals surface area contributed by atoms with Crippen molar-refractivity contribution in [3.8, 4) is 0 Å².